The lowest BCUT2D eigenvalue weighted by molar-refractivity contribution is -0.131. The van der Waals surface area contributed by atoms with Crippen molar-refractivity contribution in [2.75, 3.05) is 10.6 Å². The van der Waals surface area contributed by atoms with Crippen molar-refractivity contribution in [1.82, 2.24) is 0 Å². The molecule has 5 heteroatoms. The summed E-state index contributed by atoms with van der Waals surface area (Å²) in [6.45, 7) is 1.92. The highest BCUT2D eigenvalue weighted by atomic mass is 35.5. The van der Waals surface area contributed by atoms with Crippen LogP contribution in [0.1, 0.15) is 18.4 Å². The van der Waals surface area contributed by atoms with Crippen LogP contribution < -0.4 is 10.6 Å². The fourth-order valence-electron chi connectivity index (χ4n) is 2.45. The van der Waals surface area contributed by atoms with Gasteiger partial charge in [-0.2, -0.15) is 0 Å². The number of anilines is 2. The average molecular weight is 329 g/mol. The van der Waals surface area contributed by atoms with Crippen LogP contribution in [0.5, 0.6) is 0 Å². The minimum Gasteiger partial charge on any atom is -0.325 e. The number of nitrogens with one attached hydrogen (secondary N) is 2. The van der Waals surface area contributed by atoms with Gasteiger partial charge in [-0.3, -0.25) is 9.59 Å². The maximum Gasteiger partial charge on any atom is 0.240 e. The highest BCUT2D eigenvalue weighted by Crippen LogP contribution is 2.47. The van der Waals surface area contributed by atoms with Gasteiger partial charge in [0.15, 0.2) is 0 Å². The Kier molecular flexibility index (Phi) is 4.09. The largest absolute Gasteiger partial charge is 0.325 e. The predicted molar refractivity (Wildman–Crippen MR) is 91.6 cm³/mol. The number of para-hydroxylation sites is 1. The quantitative estimate of drug-likeness (QED) is 0.833. The van der Waals surface area contributed by atoms with Gasteiger partial charge in [-0.1, -0.05) is 35.9 Å². The Bertz CT molecular complexity index is 769. The molecule has 0 spiro atoms. The van der Waals surface area contributed by atoms with Crippen molar-refractivity contribution in [1.29, 1.82) is 0 Å². The molecule has 1 saturated carbocycles. The van der Waals surface area contributed by atoms with Crippen molar-refractivity contribution in [3.05, 3.63) is 59.1 Å². The molecule has 0 unspecified atom stereocenters. The Morgan fingerprint density at radius 1 is 1.00 bits per heavy atom. The minimum atomic E-state index is -0.982. The summed E-state index contributed by atoms with van der Waals surface area (Å²) >= 11 is 5.91. The van der Waals surface area contributed by atoms with Gasteiger partial charge in [-0.15, -0.1) is 0 Å². The third-order valence-electron chi connectivity index (χ3n) is 4.10. The van der Waals surface area contributed by atoms with Crippen molar-refractivity contribution in [2.24, 2.45) is 5.41 Å². The molecule has 0 atom stereocenters. The van der Waals surface area contributed by atoms with Crippen molar-refractivity contribution in [3.8, 4) is 0 Å². The van der Waals surface area contributed by atoms with Gasteiger partial charge in [0, 0.05) is 16.4 Å². The van der Waals surface area contributed by atoms with Gasteiger partial charge >= 0.3 is 0 Å². The molecule has 0 aromatic heterocycles. The van der Waals surface area contributed by atoms with Crippen molar-refractivity contribution < 1.29 is 9.59 Å². The van der Waals surface area contributed by atoms with Crippen molar-refractivity contribution in [3.63, 3.8) is 0 Å². The fourth-order valence-corrected chi connectivity index (χ4v) is 2.64. The molecule has 118 valence electrons. The fraction of sp³-hybridized carbons (Fsp3) is 0.222. The van der Waals surface area contributed by atoms with E-state index < -0.39 is 5.41 Å². The molecule has 2 aromatic rings. The molecule has 0 heterocycles. The van der Waals surface area contributed by atoms with E-state index in [0.717, 1.165) is 11.3 Å². The molecular formula is C18H17ClN2O2. The number of hydrogen-bond acceptors (Lipinski definition) is 2. The van der Waals surface area contributed by atoms with E-state index in [1.807, 2.05) is 31.2 Å². The molecule has 1 fully saturated rings. The van der Waals surface area contributed by atoms with E-state index in [1.54, 1.807) is 24.3 Å². The minimum absolute atomic E-state index is 0.258. The molecule has 0 bridgehead atoms. The maximum absolute atomic E-state index is 12.5. The van der Waals surface area contributed by atoms with Crippen LogP contribution in [-0.2, 0) is 9.59 Å². The average Bonchev–Trinajstić information content (AvgIpc) is 3.31. The van der Waals surface area contributed by atoms with Crippen molar-refractivity contribution >= 4 is 34.8 Å². The smallest absolute Gasteiger partial charge is 0.240 e. The van der Waals surface area contributed by atoms with E-state index >= 15 is 0 Å². The highest BCUT2D eigenvalue weighted by molar-refractivity contribution is 6.31. The molecule has 0 radical (unpaired) electrons. The number of carbonyl (C=O) groups is 2. The highest BCUT2D eigenvalue weighted by Gasteiger charge is 2.56. The second-order valence-electron chi connectivity index (χ2n) is 5.82. The zero-order valence-corrected chi connectivity index (χ0v) is 13.5. The third kappa shape index (κ3) is 3.22. The topological polar surface area (TPSA) is 58.2 Å². The van der Waals surface area contributed by atoms with Crippen LogP contribution in [0.25, 0.3) is 0 Å². The summed E-state index contributed by atoms with van der Waals surface area (Å²) < 4.78 is 0. The van der Waals surface area contributed by atoms with Gasteiger partial charge in [0.25, 0.3) is 0 Å². The van der Waals surface area contributed by atoms with Gasteiger partial charge in [0.1, 0.15) is 5.41 Å². The number of aryl methyl sites for hydroxylation is 1. The van der Waals surface area contributed by atoms with Gasteiger partial charge in [0.2, 0.25) is 11.8 Å². The molecule has 2 N–H and O–H groups in total. The van der Waals surface area contributed by atoms with Crippen LogP contribution in [0.15, 0.2) is 48.5 Å². The maximum atomic E-state index is 12.5. The van der Waals surface area contributed by atoms with Gasteiger partial charge in [-0.25, -0.2) is 0 Å². The Labute approximate surface area is 139 Å². The molecule has 2 aromatic carbocycles. The van der Waals surface area contributed by atoms with Gasteiger partial charge < -0.3 is 10.6 Å². The number of benzene rings is 2. The molecule has 2 amide bonds. The summed E-state index contributed by atoms with van der Waals surface area (Å²) in [6.07, 6.45) is 1.11. The number of hydrogen-bond donors (Lipinski definition) is 2. The van der Waals surface area contributed by atoms with Crippen molar-refractivity contribution in [2.45, 2.75) is 19.8 Å². The summed E-state index contributed by atoms with van der Waals surface area (Å²) in [5.74, 6) is -0.544. The van der Waals surface area contributed by atoms with Crippen LogP contribution >= 0.6 is 11.6 Å². The Balaban J connectivity index is 1.72. The van der Waals surface area contributed by atoms with Crippen LogP contribution in [0.4, 0.5) is 11.4 Å². The summed E-state index contributed by atoms with van der Waals surface area (Å²) in [5, 5.41) is 6.19. The summed E-state index contributed by atoms with van der Waals surface area (Å²) in [6, 6.07) is 14.4. The zero-order chi connectivity index (χ0) is 16.4. The molecule has 4 nitrogen and oxygen atoms in total. The Morgan fingerprint density at radius 3 is 2.35 bits per heavy atom. The third-order valence-corrected chi connectivity index (χ3v) is 4.33. The van der Waals surface area contributed by atoms with Crippen LogP contribution in [-0.4, -0.2) is 11.8 Å². The lowest BCUT2D eigenvalue weighted by atomic mass is 10.0. The monoisotopic (exact) mass is 328 g/mol. The molecule has 1 aliphatic carbocycles. The summed E-state index contributed by atoms with van der Waals surface area (Å²) in [7, 11) is 0. The SMILES string of the molecule is Cc1ccccc1NC(=O)C1(C(=O)Nc2cccc(Cl)c2)CC1. The van der Waals surface area contributed by atoms with E-state index in [-0.39, 0.29) is 11.8 Å². The molecule has 0 saturated heterocycles. The van der Waals surface area contributed by atoms with Crippen LogP contribution in [0.3, 0.4) is 0 Å². The number of carbonyl (C=O) groups excluding carboxylic acids is 2. The Hall–Kier alpha value is -2.33. The predicted octanol–water partition coefficient (Wildman–Crippen LogP) is 4.01. The summed E-state index contributed by atoms with van der Waals surface area (Å²) in [4.78, 5) is 25.1. The normalized spacial score (nSPS) is 14.9. The zero-order valence-electron chi connectivity index (χ0n) is 12.7. The second kappa shape index (κ2) is 6.05. The Morgan fingerprint density at radius 2 is 1.70 bits per heavy atom. The van der Waals surface area contributed by atoms with E-state index in [9.17, 15) is 9.59 Å². The van der Waals surface area contributed by atoms with Crippen LogP contribution in [0, 0.1) is 12.3 Å². The first-order chi connectivity index (χ1) is 11.0. The van der Waals surface area contributed by atoms with Crippen LogP contribution in [0.2, 0.25) is 5.02 Å². The summed E-state index contributed by atoms with van der Waals surface area (Å²) in [5.41, 5.74) is 1.31. The van der Waals surface area contributed by atoms with E-state index in [1.165, 1.54) is 0 Å². The first-order valence-corrected chi connectivity index (χ1v) is 7.83. The lowest BCUT2D eigenvalue weighted by Crippen LogP contribution is -2.35. The first kappa shape index (κ1) is 15.6. The molecule has 0 aliphatic heterocycles. The van der Waals surface area contributed by atoms with E-state index in [2.05, 4.69) is 10.6 Å². The molecular weight excluding hydrogens is 312 g/mol. The van der Waals surface area contributed by atoms with E-state index in [4.69, 9.17) is 11.6 Å². The molecule has 3 rings (SSSR count). The standard InChI is InChI=1S/C18H17ClN2O2/c1-12-5-2-3-8-15(12)21-17(23)18(9-10-18)16(22)20-14-7-4-6-13(19)11-14/h2-8,11H,9-10H2,1H3,(H,20,22)(H,21,23). The molecule has 1 aliphatic rings. The van der Waals surface area contributed by atoms with Gasteiger partial charge in [0.05, 0.1) is 0 Å². The molecule has 23 heavy (non-hydrogen) atoms. The number of halogens is 1. The second-order valence-corrected chi connectivity index (χ2v) is 6.25. The van der Waals surface area contributed by atoms with Gasteiger partial charge in [-0.05, 0) is 49.6 Å². The van der Waals surface area contributed by atoms with E-state index in [0.29, 0.717) is 23.6 Å². The number of amides is 2. The number of rotatable bonds is 4. The lowest BCUT2D eigenvalue weighted by Gasteiger charge is -2.16. The first-order valence-electron chi connectivity index (χ1n) is 7.45.